The number of fused-ring (bicyclic) bond motifs is 1. The SMILES string of the molecule is Cc1ccc(OCCCCn2c(CCCO)nc3cc(C)c(C)cc32)cc1. The summed E-state index contributed by atoms with van der Waals surface area (Å²) in [6, 6.07) is 12.6. The summed E-state index contributed by atoms with van der Waals surface area (Å²) in [7, 11) is 0. The molecule has 0 unspecified atom stereocenters. The molecule has 0 amide bonds. The van der Waals surface area contributed by atoms with Crippen LogP contribution in [0.1, 0.15) is 41.8 Å². The highest BCUT2D eigenvalue weighted by atomic mass is 16.5. The lowest BCUT2D eigenvalue weighted by Gasteiger charge is -2.11. The average Bonchev–Trinajstić information content (AvgIpc) is 2.98. The van der Waals surface area contributed by atoms with Crippen molar-refractivity contribution in [1.82, 2.24) is 9.55 Å². The van der Waals surface area contributed by atoms with E-state index in [1.807, 2.05) is 12.1 Å². The summed E-state index contributed by atoms with van der Waals surface area (Å²) in [5.41, 5.74) is 6.06. The highest BCUT2D eigenvalue weighted by molar-refractivity contribution is 5.78. The van der Waals surface area contributed by atoms with Crippen molar-refractivity contribution in [2.45, 2.75) is 53.0 Å². The fraction of sp³-hybridized carbons (Fsp3) is 0.435. The fourth-order valence-corrected chi connectivity index (χ4v) is 3.30. The summed E-state index contributed by atoms with van der Waals surface area (Å²) in [5.74, 6) is 2.01. The van der Waals surface area contributed by atoms with Gasteiger partial charge in [-0.15, -0.1) is 0 Å². The lowest BCUT2D eigenvalue weighted by molar-refractivity contribution is 0.286. The van der Waals surface area contributed by atoms with E-state index in [0.29, 0.717) is 0 Å². The molecule has 3 aromatic rings. The van der Waals surface area contributed by atoms with E-state index in [-0.39, 0.29) is 6.61 Å². The summed E-state index contributed by atoms with van der Waals surface area (Å²) in [4.78, 5) is 4.83. The molecule has 0 bridgehead atoms. The van der Waals surface area contributed by atoms with Crippen LogP contribution in [0.2, 0.25) is 0 Å². The fourth-order valence-electron chi connectivity index (χ4n) is 3.30. The molecule has 1 N–H and O–H groups in total. The van der Waals surface area contributed by atoms with Gasteiger partial charge in [-0.25, -0.2) is 4.98 Å². The second-order valence-electron chi connectivity index (χ2n) is 7.30. The molecule has 0 atom stereocenters. The summed E-state index contributed by atoms with van der Waals surface area (Å²) in [6.07, 6.45) is 3.59. The van der Waals surface area contributed by atoms with Gasteiger partial charge >= 0.3 is 0 Å². The third kappa shape index (κ3) is 4.89. The molecule has 0 aliphatic rings. The Hall–Kier alpha value is -2.33. The molecule has 1 heterocycles. The third-order valence-corrected chi connectivity index (χ3v) is 5.07. The molecule has 144 valence electrons. The first-order chi connectivity index (χ1) is 13.1. The highest BCUT2D eigenvalue weighted by Gasteiger charge is 2.11. The Labute approximate surface area is 161 Å². The number of unbranched alkanes of at least 4 members (excludes halogenated alkanes) is 1. The van der Waals surface area contributed by atoms with E-state index in [2.05, 4.69) is 49.6 Å². The predicted molar refractivity (Wildman–Crippen MR) is 111 cm³/mol. The molecule has 0 radical (unpaired) electrons. The van der Waals surface area contributed by atoms with Gasteiger partial charge in [0.2, 0.25) is 0 Å². The molecule has 2 aromatic carbocycles. The Morgan fingerprint density at radius 3 is 2.44 bits per heavy atom. The van der Waals surface area contributed by atoms with Crippen molar-refractivity contribution in [3.63, 3.8) is 0 Å². The molecule has 4 nitrogen and oxygen atoms in total. The lowest BCUT2D eigenvalue weighted by atomic mass is 10.1. The van der Waals surface area contributed by atoms with E-state index in [4.69, 9.17) is 9.72 Å². The van der Waals surface area contributed by atoms with E-state index in [9.17, 15) is 5.11 Å². The molecule has 3 rings (SSSR count). The van der Waals surface area contributed by atoms with Gasteiger partial charge in [0.1, 0.15) is 11.6 Å². The number of aryl methyl sites for hydroxylation is 5. The Balaban J connectivity index is 1.63. The van der Waals surface area contributed by atoms with Gasteiger partial charge in [0.15, 0.2) is 0 Å². The highest BCUT2D eigenvalue weighted by Crippen LogP contribution is 2.22. The molecule has 0 spiro atoms. The molecule has 27 heavy (non-hydrogen) atoms. The van der Waals surface area contributed by atoms with Crippen molar-refractivity contribution in [1.29, 1.82) is 0 Å². The van der Waals surface area contributed by atoms with Crippen LogP contribution in [-0.4, -0.2) is 27.9 Å². The number of hydrogen-bond donors (Lipinski definition) is 1. The molecule has 0 aliphatic heterocycles. The number of hydrogen-bond acceptors (Lipinski definition) is 3. The van der Waals surface area contributed by atoms with Crippen molar-refractivity contribution in [2.24, 2.45) is 0 Å². The summed E-state index contributed by atoms with van der Waals surface area (Å²) >= 11 is 0. The third-order valence-electron chi connectivity index (χ3n) is 5.07. The Morgan fingerprint density at radius 1 is 0.963 bits per heavy atom. The van der Waals surface area contributed by atoms with Gasteiger partial charge in [0, 0.05) is 19.6 Å². The first-order valence-electron chi connectivity index (χ1n) is 9.85. The van der Waals surface area contributed by atoms with Crippen LogP contribution in [0.4, 0.5) is 0 Å². The van der Waals surface area contributed by atoms with Gasteiger partial charge < -0.3 is 14.4 Å². The van der Waals surface area contributed by atoms with E-state index in [0.717, 1.165) is 55.9 Å². The maximum atomic E-state index is 9.20. The normalized spacial score (nSPS) is 11.3. The largest absolute Gasteiger partial charge is 0.494 e. The Kier molecular flexibility index (Phi) is 6.51. The molecular weight excluding hydrogens is 336 g/mol. The minimum Gasteiger partial charge on any atom is -0.494 e. The van der Waals surface area contributed by atoms with Crippen molar-refractivity contribution in [3.8, 4) is 5.75 Å². The number of ether oxygens (including phenoxy) is 1. The van der Waals surface area contributed by atoms with Gasteiger partial charge in [-0.05, 0) is 75.4 Å². The minimum atomic E-state index is 0.200. The van der Waals surface area contributed by atoms with Crippen molar-refractivity contribution < 1.29 is 9.84 Å². The van der Waals surface area contributed by atoms with Gasteiger partial charge in [0.05, 0.1) is 17.6 Å². The topological polar surface area (TPSA) is 47.3 Å². The quantitative estimate of drug-likeness (QED) is 0.556. The molecule has 0 fully saturated rings. The minimum absolute atomic E-state index is 0.200. The number of aliphatic hydroxyl groups excluding tert-OH is 1. The van der Waals surface area contributed by atoms with E-state index >= 15 is 0 Å². The van der Waals surface area contributed by atoms with Crippen LogP contribution in [-0.2, 0) is 13.0 Å². The zero-order valence-electron chi connectivity index (χ0n) is 16.7. The Bertz CT molecular complexity index is 882. The molecule has 4 heteroatoms. The maximum Gasteiger partial charge on any atom is 0.119 e. The van der Waals surface area contributed by atoms with Crippen LogP contribution in [0.15, 0.2) is 36.4 Å². The van der Waals surface area contributed by atoms with Crippen molar-refractivity contribution >= 4 is 11.0 Å². The molecule has 0 aliphatic carbocycles. The van der Waals surface area contributed by atoms with Crippen LogP contribution >= 0.6 is 0 Å². The first kappa shape index (κ1) is 19.4. The van der Waals surface area contributed by atoms with Crippen LogP contribution < -0.4 is 4.74 Å². The van der Waals surface area contributed by atoms with Crippen LogP contribution in [0.25, 0.3) is 11.0 Å². The van der Waals surface area contributed by atoms with Crippen LogP contribution in [0.3, 0.4) is 0 Å². The van der Waals surface area contributed by atoms with Gasteiger partial charge in [-0.2, -0.15) is 0 Å². The monoisotopic (exact) mass is 366 g/mol. The standard InChI is InChI=1S/C23H30N2O2/c1-17-8-10-20(11-9-17)27-14-5-4-12-25-22-16-19(3)18(2)15-21(22)24-23(25)7-6-13-26/h8-11,15-16,26H,4-7,12-14H2,1-3H3. The zero-order valence-corrected chi connectivity index (χ0v) is 16.7. The van der Waals surface area contributed by atoms with Gasteiger partial charge in [0.25, 0.3) is 0 Å². The number of aromatic nitrogens is 2. The Morgan fingerprint density at radius 2 is 1.70 bits per heavy atom. The van der Waals surface area contributed by atoms with Gasteiger partial charge in [-0.1, -0.05) is 17.7 Å². The van der Waals surface area contributed by atoms with Crippen LogP contribution in [0.5, 0.6) is 5.75 Å². The number of rotatable bonds is 9. The number of imidazole rings is 1. The summed E-state index contributed by atoms with van der Waals surface area (Å²) in [5, 5.41) is 9.20. The maximum absolute atomic E-state index is 9.20. The second kappa shape index (κ2) is 9.05. The number of nitrogens with zero attached hydrogens (tertiary/aromatic N) is 2. The van der Waals surface area contributed by atoms with Gasteiger partial charge in [-0.3, -0.25) is 0 Å². The first-order valence-corrected chi connectivity index (χ1v) is 9.85. The lowest BCUT2D eigenvalue weighted by Crippen LogP contribution is -2.07. The number of benzene rings is 2. The van der Waals surface area contributed by atoms with E-state index in [1.54, 1.807) is 0 Å². The second-order valence-corrected chi connectivity index (χ2v) is 7.30. The number of aliphatic hydroxyl groups is 1. The van der Waals surface area contributed by atoms with Crippen molar-refractivity contribution in [3.05, 3.63) is 58.9 Å². The van der Waals surface area contributed by atoms with Crippen LogP contribution in [0, 0.1) is 20.8 Å². The molecular formula is C23H30N2O2. The molecule has 0 saturated carbocycles. The van der Waals surface area contributed by atoms with E-state index < -0.39 is 0 Å². The predicted octanol–water partition coefficient (Wildman–Crippen LogP) is 4.75. The smallest absolute Gasteiger partial charge is 0.119 e. The van der Waals surface area contributed by atoms with Crippen molar-refractivity contribution in [2.75, 3.05) is 13.2 Å². The molecule has 1 aromatic heterocycles. The summed E-state index contributed by atoms with van der Waals surface area (Å²) < 4.78 is 8.16. The molecule has 0 saturated heterocycles. The van der Waals surface area contributed by atoms with E-state index in [1.165, 1.54) is 22.2 Å². The summed E-state index contributed by atoms with van der Waals surface area (Å²) in [6.45, 7) is 8.21. The average molecular weight is 367 g/mol. The zero-order chi connectivity index (χ0) is 19.2.